The van der Waals surface area contributed by atoms with Crippen LogP contribution in [0.15, 0.2) is 60.1 Å². The Morgan fingerprint density at radius 2 is 1.84 bits per heavy atom. The van der Waals surface area contributed by atoms with Crippen LogP contribution >= 0.6 is 0 Å². The Hall–Kier alpha value is -3.53. The van der Waals surface area contributed by atoms with Crippen LogP contribution in [0.1, 0.15) is 17.1 Å². The quantitative estimate of drug-likeness (QED) is 0.521. The number of hydrogen-bond donors (Lipinski definition) is 1. The molecule has 120 valence electrons. The second kappa shape index (κ2) is 6.17. The smallest absolute Gasteiger partial charge is 0.131 e. The molecular formula is C21H16N4. The molecule has 4 heteroatoms. The molecule has 0 spiro atoms. The Labute approximate surface area is 145 Å². The van der Waals surface area contributed by atoms with E-state index in [4.69, 9.17) is 0 Å². The first-order chi connectivity index (χ1) is 12.3. The molecule has 1 N–H and O–H groups in total. The minimum absolute atomic E-state index is 0.759. The number of aromatic nitrogens is 3. The Morgan fingerprint density at radius 1 is 0.960 bits per heavy atom. The third-order valence-corrected chi connectivity index (χ3v) is 4.10. The molecule has 4 nitrogen and oxygen atoms in total. The monoisotopic (exact) mass is 324 g/mol. The van der Waals surface area contributed by atoms with Gasteiger partial charge in [-0.2, -0.15) is 0 Å². The maximum Gasteiger partial charge on any atom is 0.131 e. The average molecular weight is 324 g/mol. The van der Waals surface area contributed by atoms with Crippen molar-refractivity contribution in [2.45, 2.75) is 0 Å². The number of benzene rings is 2. The van der Waals surface area contributed by atoms with Crippen molar-refractivity contribution in [1.82, 2.24) is 15.0 Å². The first kappa shape index (κ1) is 15.0. The van der Waals surface area contributed by atoms with Crippen LogP contribution in [0.3, 0.4) is 0 Å². The second-order valence-corrected chi connectivity index (χ2v) is 5.64. The van der Waals surface area contributed by atoms with Crippen LogP contribution in [0.4, 0.5) is 5.69 Å². The number of fused-ring (bicyclic) bond motifs is 2. The molecule has 0 bridgehead atoms. The van der Waals surface area contributed by atoms with Crippen LogP contribution in [-0.4, -0.2) is 21.7 Å². The fraction of sp³-hybridized carbons (Fsp3) is 0. The van der Waals surface area contributed by atoms with E-state index in [1.54, 1.807) is 6.08 Å². The standard InChI is InChI=1S/C21H16N4/c1-3-16-18(22-2)11-12-19-21(16)25-20(24-19)13-10-15-9-8-14-6-4-5-7-17(14)23-15/h3-13H,1-2H2,(H,24,25)/b13-10+. The fourth-order valence-electron chi connectivity index (χ4n) is 2.86. The number of aliphatic imine (C=N–C) groups is 1. The summed E-state index contributed by atoms with van der Waals surface area (Å²) in [6, 6.07) is 16.0. The lowest BCUT2D eigenvalue weighted by Gasteiger charge is -1.99. The number of H-pyrrole nitrogens is 1. The van der Waals surface area contributed by atoms with Gasteiger partial charge in [-0.1, -0.05) is 36.9 Å². The highest BCUT2D eigenvalue weighted by Crippen LogP contribution is 2.28. The maximum atomic E-state index is 4.64. The van der Waals surface area contributed by atoms with Gasteiger partial charge in [0, 0.05) is 10.9 Å². The molecule has 0 aliphatic heterocycles. The molecule has 4 aromatic rings. The molecule has 2 aromatic heterocycles. The van der Waals surface area contributed by atoms with E-state index in [9.17, 15) is 0 Å². The zero-order valence-electron chi connectivity index (χ0n) is 13.6. The van der Waals surface area contributed by atoms with Gasteiger partial charge in [0.15, 0.2) is 0 Å². The van der Waals surface area contributed by atoms with Gasteiger partial charge in [-0.3, -0.25) is 4.99 Å². The van der Waals surface area contributed by atoms with Gasteiger partial charge in [-0.05, 0) is 43.1 Å². The van der Waals surface area contributed by atoms with Crippen molar-refractivity contribution in [2.24, 2.45) is 4.99 Å². The molecule has 0 saturated carbocycles. The van der Waals surface area contributed by atoms with Gasteiger partial charge in [0.1, 0.15) is 5.82 Å². The van der Waals surface area contributed by atoms with E-state index in [-0.39, 0.29) is 0 Å². The number of nitrogens with one attached hydrogen (secondary N) is 1. The minimum atomic E-state index is 0.759. The van der Waals surface area contributed by atoms with E-state index in [1.165, 1.54) is 0 Å². The van der Waals surface area contributed by atoms with Gasteiger partial charge >= 0.3 is 0 Å². The van der Waals surface area contributed by atoms with Crippen LogP contribution in [0.5, 0.6) is 0 Å². The minimum Gasteiger partial charge on any atom is -0.338 e. The summed E-state index contributed by atoms with van der Waals surface area (Å²) in [6.07, 6.45) is 5.63. The molecule has 0 amide bonds. The predicted octanol–water partition coefficient (Wildman–Crippen LogP) is 5.26. The molecule has 25 heavy (non-hydrogen) atoms. The molecule has 0 radical (unpaired) electrons. The molecule has 4 rings (SSSR count). The number of pyridine rings is 1. The van der Waals surface area contributed by atoms with E-state index in [1.807, 2.05) is 48.6 Å². The molecule has 0 saturated heterocycles. The van der Waals surface area contributed by atoms with Crippen molar-refractivity contribution < 1.29 is 0 Å². The third kappa shape index (κ3) is 2.74. The molecule has 0 unspecified atom stereocenters. The highest BCUT2D eigenvalue weighted by Gasteiger charge is 2.08. The first-order valence-electron chi connectivity index (χ1n) is 7.94. The van der Waals surface area contributed by atoms with E-state index < -0.39 is 0 Å². The Morgan fingerprint density at radius 3 is 2.68 bits per heavy atom. The lowest BCUT2D eigenvalue weighted by molar-refractivity contribution is 1.29. The number of imidazole rings is 1. The highest BCUT2D eigenvalue weighted by molar-refractivity contribution is 5.91. The number of rotatable bonds is 4. The van der Waals surface area contributed by atoms with Gasteiger partial charge in [0.05, 0.1) is 27.9 Å². The summed E-state index contributed by atoms with van der Waals surface area (Å²) in [5.41, 5.74) is 5.30. The molecule has 0 aliphatic carbocycles. The average Bonchev–Trinajstić information content (AvgIpc) is 3.08. The zero-order chi connectivity index (χ0) is 17.2. The van der Waals surface area contributed by atoms with Crippen LogP contribution in [0.25, 0.3) is 40.2 Å². The van der Waals surface area contributed by atoms with Crippen molar-refractivity contribution in [3.05, 3.63) is 72.2 Å². The summed E-state index contributed by atoms with van der Waals surface area (Å²) >= 11 is 0. The summed E-state index contributed by atoms with van der Waals surface area (Å²) in [7, 11) is 0. The van der Waals surface area contributed by atoms with Crippen LogP contribution in [0.2, 0.25) is 0 Å². The fourth-order valence-corrected chi connectivity index (χ4v) is 2.86. The van der Waals surface area contributed by atoms with Gasteiger partial charge in [0.25, 0.3) is 0 Å². The molecule has 0 fully saturated rings. The lowest BCUT2D eigenvalue weighted by Crippen LogP contribution is -1.83. The predicted molar refractivity (Wildman–Crippen MR) is 106 cm³/mol. The van der Waals surface area contributed by atoms with E-state index in [0.717, 1.165) is 44.7 Å². The van der Waals surface area contributed by atoms with Crippen LogP contribution < -0.4 is 0 Å². The molecule has 2 aromatic carbocycles. The van der Waals surface area contributed by atoms with Gasteiger partial charge in [-0.25, -0.2) is 9.97 Å². The lowest BCUT2D eigenvalue weighted by atomic mass is 10.1. The largest absolute Gasteiger partial charge is 0.338 e. The summed E-state index contributed by atoms with van der Waals surface area (Å²) in [5.74, 6) is 0.759. The first-order valence-corrected chi connectivity index (χ1v) is 7.94. The molecule has 2 heterocycles. The summed E-state index contributed by atoms with van der Waals surface area (Å²) in [5, 5.41) is 1.13. The number of nitrogens with zero attached hydrogens (tertiary/aromatic N) is 3. The van der Waals surface area contributed by atoms with Crippen molar-refractivity contribution in [1.29, 1.82) is 0 Å². The molecule has 0 atom stereocenters. The Kier molecular flexibility index (Phi) is 3.71. The van der Waals surface area contributed by atoms with Crippen molar-refractivity contribution in [2.75, 3.05) is 0 Å². The Bertz CT molecular complexity index is 1140. The molecular weight excluding hydrogens is 308 g/mol. The van der Waals surface area contributed by atoms with E-state index >= 15 is 0 Å². The van der Waals surface area contributed by atoms with Crippen molar-refractivity contribution >= 4 is 52.6 Å². The van der Waals surface area contributed by atoms with Gasteiger partial charge < -0.3 is 4.98 Å². The van der Waals surface area contributed by atoms with Gasteiger partial charge in [-0.15, -0.1) is 0 Å². The van der Waals surface area contributed by atoms with E-state index in [0.29, 0.717) is 0 Å². The van der Waals surface area contributed by atoms with Crippen LogP contribution in [0, 0.1) is 0 Å². The molecule has 0 aliphatic rings. The Balaban J connectivity index is 1.72. The third-order valence-electron chi connectivity index (χ3n) is 4.10. The number of aromatic amines is 1. The summed E-state index contributed by atoms with van der Waals surface area (Å²) in [4.78, 5) is 16.6. The summed E-state index contributed by atoms with van der Waals surface area (Å²) in [6.45, 7) is 7.45. The van der Waals surface area contributed by atoms with Gasteiger partial charge in [0.2, 0.25) is 0 Å². The zero-order valence-corrected chi connectivity index (χ0v) is 13.6. The van der Waals surface area contributed by atoms with Crippen LogP contribution in [-0.2, 0) is 0 Å². The normalized spacial score (nSPS) is 11.4. The topological polar surface area (TPSA) is 53.9 Å². The summed E-state index contributed by atoms with van der Waals surface area (Å²) < 4.78 is 0. The van der Waals surface area contributed by atoms with Crippen molar-refractivity contribution in [3.63, 3.8) is 0 Å². The number of para-hydroxylation sites is 1. The van der Waals surface area contributed by atoms with E-state index in [2.05, 4.69) is 45.4 Å². The second-order valence-electron chi connectivity index (χ2n) is 5.64. The number of hydrogen-bond acceptors (Lipinski definition) is 3. The van der Waals surface area contributed by atoms with Crippen molar-refractivity contribution in [3.8, 4) is 0 Å². The SMILES string of the molecule is C=Cc1c(N=C)ccc2[nH]c(/C=C/c3ccc4ccccc4n3)nc12. The highest BCUT2D eigenvalue weighted by atomic mass is 14.9. The maximum absolute atomic E-state index is 4.64.